The summed E-state index contributed by atoms with van der Waals surface area (Å²) in [6.07, 6.45) is 5.34. The van der Waals surface area contributed by atoms with E-state index in [1.165, 1.54) is 19.1 Å². The molecule has 0 aromatic rings. The Morgan fingerprint density at radius 2 is 2.20 bits per heavy atom. The van der Waals surface area contributed by atoms with Gasteiger partial charge in [-0.3, -0.25) is 4.79 Å². The summed E-state index contributed by atoms with van der Waals surface area (Å²) in [5.41, 5.74) is 0.968. The topological polar surface area (TPSA) is 56.1 Å². The minimum atomic E-state index is -0.334. The molecule has 0 spiro atoms. The third kappa shape index (κ3) is 4.54. The van der Waals surface area contributed by atoms with E-state index in [1.807, 2.05) is 11.0 Å². The molecule has 0 aromatic heterocycles. The van der Waals surface area contributed by atoms with Crippen LogP contribution in [0.15, 0.2) is 35.8 Å². The second kappa shape index (κ2) is 8.16. The molecule has 0 saturated carbocycles. The number of nitriles is 1. The molecule has 1 N–H and O–H groups in total. The van der Waals surface area contributed by atoms with E-state index in [2.05, 4.69) is 11.9 Å². The highest BCUT2D eigenvalue weighted by Gasteiger charge is 2.21. The SMILES string of the molecule is C=C/C(C#N)=C(\C=C(/C)F)N1CCC(CNC=O)CC1. The number of allylic oxidation sites excluding steroid dienone is 4. The number of piperidine rings is 1. The zero-order valence-electron chi connectivity index (χ0n) is 11.7. The van der Waals surface area contributed by atoms with E-state index in [0.717, 1.165) is 25.9 Å². The normalized spacial score (nSPS) is 18.1. The predicted octanol–water partition coefficient (Wildman–Crippen LogP) is 2.28. The van der Waals surface area contributed by atoms with Gasteiger partial charge < -0.3 is 10.2 Å². The van der Waals surface area contributed by atoms with Crippen molar-refractivity contribution < 1.29 is 9.18 Å². The van der Waals surface area contributed by atoms with Crippen molar-refractivity contribution in [2.45, 2.75) is 19.8 Å². The minimum absolute atomic E-state index is 0.334. The summed E-state index contributed by atoms with van der Waals surface area (Å²) in [6.45, 7) is 7.11. The first-order chi connectivity index (χ1) is 9.62. The van der Waals surface area contributed by atoms with Gasteiger partial charge in [0.15, 0.2) is 0 Å². The molecular formula is C15H20FN3O. The van der Waals surface area contributed by atoms with Gasteiger partial charge >= 0.3 is 0 Å². The van der Waals surface area contributed by atoms with Gasteiger partial charge in [0.2, 0.25) is 6.41 Å². The first kappa shape index (κ1) is 16.0. The van der Waals surface area contributed by atoms with Crippen molar-refractivity contribution in [2.24, 2.45) is 5.92 Å². The Morgan fingerprint density at radius 1 is 1.55 bits per heavy atom. The first-order valence-corrected chi connectivity index (χ1v) is 6.65. The Kier molecular flexibility index (Phi) is 6.51. The van der Waals surface area contributed by atoms with E-state index in [9.17, 15) is 9.18 Å². The number of carbonyl (C=O) groups excluding carboxylic acids is 1. The van der Waals surface area contributed by atoms with Crippen molar-refractivity contribution in [2.75, 3.05) is 19.6 Å². The molecule has 0 radical (unpaired) electrons. The van der Waals surface area contributed by atoms with Gasteiger partial charge in [0.05, 0.1) is 17.1 Å². The molecular weight excluding hydrogens is 257 g/mol. The summed E-state index contributed by atoms with van der Waals surface area (Å²) >= 11 is 0. The summed E-state index contributed by atoms with van der Waals surface area (Å²) in [6, 6.07) is 2.05. The third-order valence-corrected chi connectivity index (χ3v) is 3.38. The van der Waals surface area contributed by atoms with E-state index in [-0.39, 0.29) is 5.83 Å². The fourth-order valence-electron chi connectivity index (χ4n) is 2.33. The largest absolute Gasteiger partial charge is 0.370 e. The van der Waals surface area contributed by atoms with Gasteiger partial charge in [-0.2, -0.15) is 5.26 Å². The van der Waals surface area contributed by atoms with Crippen LogP contribution in [0.2, 0.25) is 0 Å². The predicted molar refractivity (Wildman–Crippen MR) is 76.1 cm³/mol. The second-order valence-electron chi connectivity index (χ2n) is 4.80. The van der Waals surface area contributed by atoms with Crippen molar-refractivity contribution in [1.29, 1.82) is 5.26 Å². The third-order valence-electron chi connectivity index (χ3n) is 3.38. The van der Waals surface area contributed by atoms with E-state index < -0.39 is 0 Å². The smallest absolute Gasteiger partial charge is 0.207 e. The molecule has 5 heteroatoms. The highest BCUT2D eigenvalue weighted by molar-refractivity contribution is 5.45. The number of halogens is 1. The van der Waals surface area contributed by atoms with Crippen molar-refractivity contribution in [3.05, 3.63) is 35.8 Å². The molecule has 1 fully saturated rings. The highest BCUT2D eigenvalue weighted by atomic mass is 19.1. The molecule has 0 aromatic carbocycles. The fraction of sp³-hybridized carbons (Fsp3) is 0.467. The van der Waals surface area contributed by atoms with E-state index in [4.69, 9.17) is 5.26 Å². The number of hydrogen-bond donors (Lipinski definition) is 1. The van der Waals surface area contributed by atoms with E-state index in [0.29, 0.717) is 30.1 Å². The lowest BCUT2D eigenvalue weighted by Crippen LogP contribution is -2.36. The average molecular weight is 277 g/mol. The second-order valence-corrected chi connectivity index (χ2v) is 4.80. The van der Waals surface area contributed by atoms with Crippen LogP contribution in [0.4, 0.5) is 4.39 Å². The summed E-state index contributed by atoms with van der Waals surface area (Å²) < 4.78 is 13.2. The lowest BCUT2D eigenvalue weighted by atomic mass is 9.96. The monoisotopic (exact) mass is 277 g/mol. The zero-order chi connectivity index (χ0) is 15.0. The van der Waals surface area contributed by atoms with Crippen molar-refractivity contribution in [3.63, 3.8) is 0 Å². The van der Waals surface area contributed by atoms with Crippen LogP contribution in [0.1, 0.15) is 19.8 Å². The van der Waals surface area contributed by atoms with Gasteiger partial charge in [0.1, 0.15) is 6.07 Å². The number of nitrogens with one attached hydrogen (secondary N) is 1. The molecule has 20 heavy (non-hydrogen) atoms. The van der Waals surface area contributed by atoms with Crippen LogP contribution >= 0.6 is 0 Å². The van der Waals surface area contributed by atoms with Crippen molar-refractivity contribution in [3.8, 4) is 6.07 Å². The molecule has 0 unspecified atom stereocenters. The molecule has 1 aliphatic heterocycles. The number of nitrogens with zero attached hydrogens (tertiary/aromatic N) is 2. The maximum atomic E-state index is 13.2. The number of amides is 1. The van der Waals surface area contributed by atoms with Crippen LogP contribution in [0.3, 0.4) is 0 Å². The first-order valence-electron chi connectivity index (χ1n) is 6.65. The number of hydrogen-bond acceptors (Lipinski definition) is 3. The molecule has 0 atom stereocenters. The summed E-state index contributed by atoms with van der Waals surface area (Å²) in [5.74, 6) is 0.0989. The Balaban J connectivity index is 2.80. The summed E-state index contributed by atoms with van der Waals surface area (Å²) in [5, 5.41) is 11.8. The molecule has 1 heterocycles. The van der Waals surface area contributed by atoms with Crippen molar-refractivity contribution >= 4 is 6.41 Å². The van der Waals surface area contributed by atoms with Gasteiger partial charge in [-0.05, 0) is 37.8 Å². The minimum Gasteiger partial charge on any atom is -0.370 e. The Morgan fingerprint density at radius 3 is 2.65 bits per heavy atom. The van der Waals surface area contributed by atoms with Gasteiger partial charge in [-0.1, -0.05) is 6.58 Å². The van der Waals surface area contributed by atoms with Crippen LogP contribution in [0.25, 0.3) is 0 Å². The van der Waals surface area contributed by atoms with Crippen LogP contribution in [-0.2, 0) is 4.79 Å². The number of carbonyl (C=O) groups is 1. The molecule has 108 valence electrons. The summed E-state index contributed by atoms with van der Waals surface area (Å²) in [7, 11) is 0. The lowest BCUT2D eigenvalue weighted by molar-refractivity contribution is -0.109. The van der Waals surface area contributed by atoms with Crippen LogP contribution in [-0.4, -0.2) is 30.9 Å². The average Bonchev–Trinajstić information content (AvgIpc) is 2.45. The Labute approximate surface area is 119 Å². The van der Waals surface area contributed by atoms with Gasteiger partial charge in [-0.25, -0.2) is 4.39 Å². The van der Waals surface area contributed by atoms with Gasteiger partial charge in [-0.15, -0.1) is 0 Å². The number of likely N-dealkylation sites (tertiary alicyclic amines) is 1. The number of rotatable bonds is 6. The molecule has 4 nitrogen and oxygen atoms in total. The lowest BCUT2D eigenvalue weighted by Gasteiger charge is -2.34. The molecule has 1 amide bonds. The highest BCUT2D eigenvalue weighted by Crippen LogP contribution is 2.23. The van der Waals surface area contributed by atoms with Crippen molar-refractivity contribution in [1.82, 2.24) is 10.2 Å². The fourth-order valence-corrected chi connectivity index (χ4v) is 2.33. The zero-order valence-corrected chi connectivity index (χ0v) is 11.7. The van der Waals surface area contributed by atoms with E-state index in [1.54, 1.807) is 0 Å². The van der Waals surface area contributed by atoms with Crippen LogP contribution < -0.4 is 5.32 Å². The van der Waals surface area contributed by atoms with E-state index >= 15 is 0 Å². The standard InChI is InChI=1S/C15H20FN3O/c1-3-14(9-17)15(8-12(2)16)19-6-4-13(5-7-19)10-18-11-20/h3,8,11,13H,1,4-7,10H2,2H3,(H,18,20)/b12-8+,15-14-. The van der Waals surface area contributed by atoms with Gasteiger partial charge in [0.25, 0.3) is 0 Å². The summed E-state index contributed by atoms with van der Waals surface area (Å²) in [4.78, 5) is 12.3. The molecule has 1 rings (SSSR count). The van der Waals surface area contributed by atoms with Gasteiger partial charge in [0, 0.05) is 19.6 Å². The van der Waals surface area contributed by atoms with Crippen LogP contribution in [0, 0.1) is 17.2 Å². The molecule has 1 aliphatic rings. The maximum Gasteiger partial charge on any atom is 0.207 e. The maximum absolute atomic E-state index is 13.2. The molecule has 0 bridgehead atoms. The quantitative estimate of drug-likeness (QED) is 0.460. The Bertz CT molecular complexity index is 450. The molecule has 0 aliphatic carbocycles. The van der Waals surface area contributed by atoms with Crippen LogP contribution in [0.5, 0.6) is 0 Å². The Hall–Kier alpha value is -2.09. The molecule has 1 saturated heterocycles.